The van der Waals surface area contributed by atoms with Crippen molar-refractivity contribution in [2.75, 3.05) is 5.32 Å². The van der Waals surface area contributed by atoms with Crippen molar-refractivity contribution in [1.82, 2.24) is 9.38 Å². The first-order valence-electron chi connectivity index (χ1n) is 6.15. The predicted octanol–water partition coefficient (Wildman–Crippen LogP) is 3.66. The first kappa shape index (κ1) is 12.9. The summed E-state index contributed by atoms with van der Waals surface area (Å²) in [5.41, 5.74) is 2.96. The van der Waals surface area contributed by atoms with Crippen LogP contribution in [0, 0.1) is 6.92 Å². The van der Waals surface area contributed by atoms with Crippen LogP contribution in [0.5, 0.6) is 0 Å². The standard InChI is InChI=1S/C15H12BrN3O/c1-10-4-2-3-5-12(10)18-15(20)13-9-19-8-11(16)6-7-14(19)17-13/h2-9H,1H3,(H,18,20). The minimum Gasteiger partial charge on any atom is -0.320 e. The maximum absolute atomic E-state index is 12.2. The third-order valence-corrected chi connectivity index (χ3v) is 3.51. The summed E-state index contributed by atoms with van der Waals surface area (Å²) in [5, 5.41) is 2.88. The normalized spacial score (nSPS) is 10.7. The number of para-hydroxylation sites is 1. The van der Waals surface area contributed by atoms with Gasteiger partial charge in [0, 0.05) is 22.6 Å². The molecule has 0 saturated heterocycles. The van der Waals surface area contributed by atoms with Crippen LogP contribution in [0.3, 0.4) is 0 Å². The van der Waals surface area contributed by atoms with Crippen molar-refractivity contribution >= 4 is 33.2 Å². The molecule has 2 aromatic heterocycles. The lowest BCUT2D eigenvalue weighted by Crippen LogP contribution is -2.13. The van der Waals surface area contributed by atoms with Gasteiger partial charge in [-0.25, -0.2) is 4.98 Å². The molecule has 0 radical (unpaired) electrons. The predicted molar refractivity (Wildman–Crippen MR) is 82.0 cm³/mol. The molecule has 0 spiro atoms. The van der Waals surface area contributed by atoms with E-state index in [-0.39, 0.29) is 5.91 Å². The average molecular weight is 330 g/mol. The molecule has 3 aromatic rings. The maximum atomic E-state index is 12.2. The third-order valence-electron chi connectivity index (χ3n) is 3.04. The van der Waals surface area contributed by atoms with Gasteiger partial charge in [-0.05, 0) is 46.6 Å². The molecule has 3 rings (SSSR count). The van der Waals surface area contributed by atoms with Gasteiger partial charge in [0.1, 0.15) is 11.3 Å². The first-order chi connectivity index (χ1) is 9.63. The second-order valence-corrected chi connectivity index (χ2v) is 5.42. The third kappa shape index (κ3) is 2.44. The lowest BCUT2D eigenvalue weighted by Gasteiger charge is -2.05. The highest BCUT2D eigenvalue weighted by Gasteiger charge is 2.11. The molecule has 2 heterocycles. The Morgan fingerprint density at radius 1 is 1.20 bits per heavy atom. The van der Waals surface area contributed by atoms with Gasteiger partial charge in [-0.2, -0.15) is 0 Å². The summed E-state index contributed by atoms with van der Waals surface area (Å²) in [6.07, 6.45) is 3.58. The molecule has 5 heteroatoms. The lowest BCUT2D eigenvalue weighted by molar-refractivity contribution is 0.102. The highest BCUT2D eigenvalue weighted by molar-refractivity contribution is 9.10. The van der Waals surface area contributed by atoms with Crippen LogP contribution in [0.4, 0.5) is 5.69 Å². The number of fused-ring (bicyclic) bond motifs is 1. The van der Waals surface area contributed by atoms with Crippen LogP contribution in [0.1, 0.15) is 16.1 Å². The van der Waals surface area contributed by atoms with Gasteiger partial charge in [0.15, 0.2) is 0 Å². The van der Waals surface area contributed by atoms with Crippen LogP contribution in [0.25, 0.3) is 5.65 Å². The minimum absolute atomic E-state index is 0.209. The van der Waals surface area contributed by atoms with Crippen molar-refractivity contribution in [1.29, 1.82) is 0 Å². The number of amides is 1. The monoisotopic (exact) mass is 329 g/mol. The van der Waals surface area contributed by atoms with Crippen LogP contribution in [-0.2, 0) is 0 Å². The SMILES string of the molecule is Cc1ccccc1NC(=O)c1cn2cc(Br)ccc2n1. The van der Waals surface area contributed by atoms with Crippen LogP contribution >= 0.6 is 15.9 Å². The molecule has 0 unspecified atom stereocenters. The van der Waals surface area contributed by atoms with E-state index in [0.717, 1.165) is 21.4 Å². The summed E-state index contributed by atoms with van der Waals surface area (Å²) in [6.45, 7) is 1.95. The van der Waals surface area contributed by atoms with Gasteiger partial charge < -0.3 is 9.72 Å². The van der Waals surface area contributed by atoms with Crippen molar-refractivity contribution in [2.24, 2.45) is 0 Å². The van der Waals surface area contributed by atoms with E-state index in [1.165, 1.54) is 0 Å². The summed E-state index contributed by atoms with van der Waals surface area (Å²) >= 11 is 3.39. The number of aromatic nitrogens is 2. The van der Waals surface area contributed by atoms with Gasteiger partial charge in [0.2, 0.25) is 0 Å². The number of benzene rings is 1. The van der Waals surface area contributed by atoms with Crippen molar-refractivity contribution in [3.63, 3.8) is 0 Å². The first-order valence-corrected chi connectivity index (χ1v) is 6.94. The zero-order valence-electron chi connectivity index (χ0n) is 10.8. The van der Waals surface area contributed by atoms with E-state index in [4.69, 9.17) is 0 Å². The van der Waals surface area contributed by atoms with Crippen molar-refractivity contribution < 1.29 is 4.79 Å². The highest BCUT2D eigenvalue weighted by atomic mass is 79.9. The second kappa shape index (κ2) is 5.09. The maximum Gasteiger partial charge on any atom is 0.275 e. The number of nitrogens with zero attached hydrogens (tertiary/aromatic N) is 2. The van der Waals surface area contributed by atoms with E-state index in [0.29, 0.717) is 5.69 Å². The van der Waals surface area contributed by atoms with Crippen molar-refractivity contribution in [2.45, 2.75) is 6.92 Å². The van der Waals surface area contributed by atoms with E-state index in [1.54, 1.807) is 6.20 Å². The van der Waals surface area contributed by atoms with Crippen LogP contribution in [-0.4, -0.2) is 15.3 Å². The van der Waals surface area contributed by atoms with Gasteiger partial charge in [0.05, 0.1) is 0 Å². The fourth-order valence-corrected chi connectivity index (χ4v) is 2.33. The molecule has 0 aliphatic carbocycles. The number of rotatable bonds is 2. The fourth-order valence-electron chi connectivity index (χ4n) is 1.97. The number of pyridine rings is 1. The number of imidazole rings is 1. The number of hydrogen-bond acceptors (Lipinski definition) is 2. The molecule has 1 aromatic carbocycles. The molecule has 0 fully saturated rings. The minimum atomic E-state index is -0.209. The Morgan fingerprint density at radius 3 is 2.80 bits per heavy atom. The van der Waals surface area contributed by atoms with Crippen LogP contribution in [0.15, 0.2) is 53.3 Å². The molecule has 0 aliphatic heterocycles. The summed E-state index contributed by atoms with van der Waals surface area (Å²) in [7, 11) is 0. The number of hydrogen-bond donors (Lipinski definition) is 1. The van der Waals surface area contributed by atoms with Gasteiger partial charge in [-0.1, -0.05) is 18.2 Å². The average Bonchev–Trinajstić information content (AvgIpc) is 2.84. The second-order valence-electron chi connectivity index (χ2n) is 4.51. The van der Waals surface area contributed by atoms with E-state index in [2.05, 4.69) is 26.2 Å². The summed E-state index contributed by atoms with van der Waals surface area (Å²) < 4.78 is 2.75. The molecule has 0 saturated carbocycles. The van der Waals surface area contributed by atoms with Crippen molar-refractivity contribution in [3.8, 4) is 0 Å². The number of carbonyl (C=O) groups is 1. The van der Waals surface area contributed by atoms with E-state index >= 15 is 0 Å². The Morgan fingerprint density at radius 2 is 2.00 bits per heavy atom. The number of aryl methyl sites for hydroxylation is 1. The molecule has 0 bridgehead atoms. The molecular formula is C15H12BrN3O. The molecule has 4 nitrogen and oxygen atoms in total. The fraction of sp³-hybridized carbons (Fsp3) is 0.0667. The number of carbonyl (C=O) groups excluding carboxylic acids is 1. The Labute approximate surface area is 124 Å². The summed E-state index contributed by atoms with van der Waals surface area (Å²) in [6, 6.07) is 11.4. The Kier molecular flexibility index (Phi) is 3.28. The lowest BCUT2D eigenvalue weighted by atomic mass is 10.2. The highest BCUT2D eigenvalue weighted by Crippen LogP contribution is 2.16. The molecule has 20 heavy (non-hydrogen) atoms. The van der Waals surface area contributed by atoms with Gasteiger partial charge in [-0.15, -0.1) is 0 Å². The van der Waals surface area contributed by atoms with Gasteiger partial charge >= 0.3 is 0 Å². The molecular weight excluding hydrogens is 318 g/mol. The quantitative estimate of drug-likeness (QED) is 0.779. The number of anilines is 1. The molecule has 0 atom stereocenters. The molecule has 0 aliphatic rings. The van der Waals surface area contributed by atoms with Gasteiger partial charge in [0.25, 0.3) is 5.91 Å². The Balaban J connectivity index is 1.91. The van der Waals surface area contributed by atoms with E-state index < -0.39 is 0 Å². The van der Waals surface area contributed by atoms with E-state index in [1.807, 2.05) is 53.9 Å². The molecule has 1 N–H and O–H groups in total. The topological polar surface area (TPSA) is 46.4 Å². The van der Waals surface area contributed by atoms with Gasteiger partial charge in [-0.3, -0.25) is 4.79 Å². The number of halogens is 1. The molecule has 1 amide bonds. The van der Waals surface area contributed by atoms with Crippen LogP contribution < -0.4 is 5.32 Å². The van der Waals surface area contributed by atoms with Crippen LogP contribution in [0.2, 0.25) is 0 Å². The Hall–Kier alpha value is -2.14. The summed E-state index contributed by atoms with van der Waals surface area (Å²) in [4.78, 5) is 16.5. The zero-order valence-corrected chi connectivity index (χ0v) is 12.4. The number of nitrogens with one attached hydrogen (secondary N) is 1. The smallest absolute Gasteiger partial charge is 0.275 e. The Bertz CT molecular complexity index is 795. The summed E-state index contributed by atoms with van der Waals surface area (Å²) in [5.74, 6) is -0.209. The van der Waals surface area contributed by atoms with E-state index in [9.17, 15) is 4.79 Å². The molecule has 100 valence electrons. The zero-order chi connectivity index (χ0) is 14.1. The van der Waals surface area contributed by atoms with Crippen molar-refractivity contribution in [3.05, 3.63) is 64.5 Å². The largest absolute Gasteiger partial charge is 0.320 e.